The standard InChI is InChI=1S/C6H8N2O3.C2HF3O2/c1-8-4(5(9)11-2)3-7-6(8)10;3-2(4,5)1(6)7/h3H,1-2H3,(H,7,10);(H,6,7). The number of alkyl halides is 3. The molecule has 0 radical (unpaired) electrons. The molecule has 0 saturated carbocycles. The van der Waals surface area contributed by atoms with Gasteiger partial charge >= 0.3 is 23.8 Å². The first kappa shape index (κ1) is 15.7. The molecule has 0 unspecified atom stereocenters. The third-order valence-corrected chi connectivity index (χ3v) is 1.64. The third-order valence-electron chi connectivity index (χ3n) is 1.64. The molecule has 1 rings (SSSR count). The molecule has 1 heterocycles. The van der Waals surface area contributed by atoms with Crippen LogP contribution >= 0.6 is 0 Å². The van der Waals surface area contributed by atoms with Gasteiger partial charge in [0.25, 0.3) is 0 Å². The Bertz CT molecular complexity index is 488. The largest absolute Gasteiger partial charge is 0.490 e. The summed E-state index contributed by atoms with van der Waals surface area (Å²) in [5, 5.41) is 7.12. The Hall–Kier alpha value is -2.26. The maximum Gasteiger partial charge on any atom is 0.490 e. The summed E-state index contributed by atoms with van der Waals surface area (Å²) in [6.45, 7) is 0. The number of hydrogen-bond donors (Lipinski definition) is 2. The van der Waals surface area contributed by atoms with Crippen molar-refractivity contribution in [3.05, 3.63) is 22.4 Å². The summed E-state index contributed by atoms with van der Waals surface area (Å²) in [5.74, 6) is -3.28. The Kier molecular flexibility index (Phi) is 5.15. The molecule has 0 aromatic carbocycles. The molecule has 2 N–H and O–H groups in total. The molecule has 0 saturated heterocycles. The Morgan fingerprint density at radius 2 is 1.89 bits per heavy atom. The van der Waals surface area contributed by atoms with Crippen LogP contribution in [0.1, 0.15) is 10.5 Å². The first-order valence-electron chi connectivity index (χ1n) is 4.24. The molecule has 10 heteroatoms. The van der Waals surface area contributed by atoms with Crippen molar-refractivity contribution in [1.82, 2.24) is 9.55 Å². The number of rotatable bonds is 1. The Balaban J connectivity index is 0.000000360. The summed E-state index contributed by atoms with van der Waals surface area (Å²) in [5.41, 5.74) is -0.108. The molecule has 0 aliphatic carbocycles. The van der Waals surface area contributed by atoms with Crippen LogP contribution < -0.4 is 5.69 Å². The van der Waals surface area contributed by atoms with E-state index in [-0.39, 0.29) is 11.4 Å². The number of nitrogens with zero attached hydrogens (tertiary/aromatic N) is 1. The highest BCUT2D eigenvalue weighted by molar-refractivity contribution is 5.87. The molecule has 0 aliphatic heterocycles. The SMILES string of the molecule is COC(=O)c1c[nH]c(=O)n1C.O=C(O)C(F)(F)F. The fourth-order valence-corrected chi connectivity index (χ4v) is 0.734. The van der Waals surface area contributed by atoms with E-state index in [1.807, 2.05) is 0 Å². The smallest absolute Gasteiger partial charge is 0.475 e. The van der Waals surface area contributed by atoms with Gasteiger partial charge in [0.2, 0.25) is 0 Å². The van der Waals surface area contributed by atoms with Gasteiger partial charge in [-0.25, -0.2) is 14.4 Å². The number of ether oxygens (including phenoxy) is 1. The van der Waals surface area contributed by atoms with Crippen LogP contribution in [0.2, 0.25) is 0 Å². The fourth-order valence-electron chi connectivity index (χ4n) is 0.734. The number of esters is 1. The van der Waals surface area contributed by atoms with E-state index in [1.165, 1.54) is 24.9 Å². The number of hydrogen-bond acceptors (Lipinski definition) is 4. The summed E-state index contributed by atoms with van der Waals surface area (Å²) in [6.07, 6.45) is -3.77. The number of aromatic amines is 1. The molecule has 0 aliphatic rings. The predicted octanol–water partition coefficient (Wildman–Crippen LogP) is 0.133. The van der Waals surface area contributed by atoms with Crippen LogP contribution in [0.25, 0.3) is 0 Å². The number of carbonyl (C=O) groups is 2. The van der Waals surface area contributed by atoms with Crippen molar-refractivity contribution >= 4 is 11.9 Å². The van der Waals surface area contributed by atoms with Crippen LogP contribution in [0.5, 0.6) is 0 Å². The minimum atomic E-state index is -5.08. The molecular weight excluding hydrogens is 261 g/mol. The molecule has 1 aromatic rings. The highest BCUT2D eigenvalue weighted by atomic mass is 19.4. The summed E-state index contributed by atoms with van der Waals surface area (Å²) in [7, 11) is 2.75. The number of carboxylic acid groups (broad SMARTS) is 1. The maximum absolute atomic E-state index is 10.8. The van der Waals surface area contributed by atoms with Crippen molar-refractivity contribution in [2.75, 3.05) is 7.11 Å². The average molecular weight is 270 g/mol. The second-order valence-corrected chi connectivity index (χ2v) is 2.83. The number of nitrogens with one attached hydrogen (secondary N) is 1. The van der Waals surface area contributed by atoms with Crippen LogP contribution in [-0.4, -0.2) is 39.9 Å². The quantitative estimate of drug-likeness (QED) is 0.706. The zero-order chi connectivity index (χ0) is 14.5. The first-order chi connectivity index (χ1) is 8.11. The molecular formula is C8H9F3N2O5. The van der Waals surface area contributed by atoms with Gasteiger partial charge in [-0.15, -0.1) is 0 Å². The Morgan fingerprint density at radius 3 is 2.11 bits per heavy atom. The summed E-state index contributed by atoms with van der Waals surface area (Å²) in [4.78, 5) is 32.9. The van der Waals surface area contributed by atoms with Crippen LogP contribution in [-0.2, 0) is 16.6 Å². The van der Waals surface area contributed by atoms with Gasteiger partial charge in [-0.05, 0) is 0 Å². The van der Waals surface area contributed by atoms with E-state index in [4.69, 9.17) is 9.90 Å². The lowest BCUT2D eigenvalue weighted by atomic mass is 10.5. The lowest BCUT2D eigenvalue weighted by Crippen LogP contribution is -2.21. The van der Waals surface area contributed by atoms with Crippen LogP contribution in [0.15, 0.2) is 11.0 Å². The lowest BCUT2D eigenvalue weighted by Gasteiger charge is -1.96. The molecule has 1 aromatic heterocycles. The van der Waals surface area contributed by atoms with E-state index in [0.29, 0.717) is 0 Å². The van der Waals surface area contributed by atoms with Crippen molar-refractivity contribution in [2.45, 2.75) is 6.18 Å². The molecule has 0 fully saturated rings. The maximum atomic E-state index is 10.8. The number of aromatic nitrogens is 2. The number of halogens is 3. The zero-order valence-electron chi connectivity index (χ0n) is 9.24. The van der Waals surface area contributed by atoms with Gasteiger partial charge < -0.3 is 14.8 Å². The number of carbonyl (C=O) groups excluding carboxylic acids is 1. The molecule has 102 valence electrons. The molecule has 0 bridgehead atoms. The second kappa shape index (κ2) is 5.89. The number of imidazole rings is 1. The molecule has 7 nitrogen and oxygen atoms in total. The van der Waals surface area contributed by atoms with Gasteiger partial charge in [0.05, 0.1) is 7.11 Å². The van der Waals surface area contributed by atoms with Crippen molar-refractivity contribution in [3.63, 3.8) is 0 Å². The lowest BCUT2D eigenvalue weighted by molar-refractivity contribution is -0.192. The van der Waals surface area contributed by atoms with Gasteiger partial charge in [-0.1, -0.05) is 0 Å². The van der Waals surface area contributed by atoms with Crippen molar-refractivity contribution in [1.29, 1.82) is 0 Å². The first-order valence-corrected chi connectivity index (χ1v) is 4.24. The second-order valence-electron chi connectivity index (χ2n) is 2.83. The number of H-pyrrole nitrogens is 1. The van der Waals surface area contributed by atoms with Crippen LogP contribution in [0.3, 0.4) is 0 Å². The summed E-state index contributed by atoms with van der Waals surface area (Å²) >= 11 is 0. The zero-order valence-corrected chi connectivity index (χ0v) is 9.24. The molecule has 0 amide bonds. The number of aliphatic carboxylic acids is 1. The normalized spacial score (nSPS) is 10.3. The third kappa shape index (κ3) is 4.31. The molecule has 0 spiro atoms. The van der Waals surface area contributed by atoms with E-state index >= 15 is 0 Å². The van der Waals surface area contributed by atoms with E-state index < -0.39 is 18.1 Å². The van der Waals surface area contributed by atoms with Gasteiger partial charge in [-0.3, -0.25) is 4.57 Å². The van der Waals surface area contributed by atoms with Crippen molar-refractivity contribution in [2.24, 2.45) is 7.05 Å². The van der Waals surface area contributed by atoms with Gasteiger partial charge in [0, 0.05) is 13.2 Å². The van der Waals surface area contributed by atoms with Gasteiger partial charge in [0.1, 0.15) is 5.69 Å². The fraction of sp³-hybridized carbons (Fsp3) is 0.375. The predicted molar refractivity (Wildman–Crippen MR) is 51.1 cm³/mol. The topological polar surface area (TPSA) is 101 Å². The van der Waals surface area contributed by atoms with E-state index in [1.54, 1.807) is 0 Å². The van der Waals surface area contributed by atoms with Gasteiger partial charge in [-0.2, -0.15) is 13.2 Å². The van der Waals surface area contributed by atoms with Crippen molar-refractivity contribution in [3.8, 4) is 0 Å². The monoisotopic (exact) mass is 270 g/mol. The summed E-state index contributed by atoms with van der Waals surface area (Å²) < 4.78 is 37.3. The number of carboxylic acids is 1. The van der Waals surface area contributed by atoms with E-state index in [0.717, 1.165) is 0 Å². The average Bonchev–Trinajstić information content (AvgIpc) is 2.58. The molecule has 18 heavy (non-hydrogen) atoms. The van der Waals surface area contributed by atoms with Crippen LogP contribution in [0, 0.1) is 0 Å². The minimum Gasteiger partial charge on any atom is -0.475 e. The Labute approximate surface area is 97.8 Å². The highest BCUT2D eigenvalue weighted by Crippen LogP contribution is 2.13. The van der Waals surface area contributed by atoms with Gasteiger partial charge in [0.15, 0.2) is 0 Å². The Morgan fingerprint density at radius 1 is 1.44 bits per heavy atom. The molecule has 0 atom stereocenters. The highest BCUT2D eigenvalue weighted by Gasteiger charge is 2.38. The summed E-state index contributed by atoms with van der Waals surface area (Å²) in [6, 6.07) is 0. The van der Waals surface area contributed by atoms with Crippen LogP contribution in [0.4, 0.5) is 13.2 Å². The van der Waals surface area contributed by atoms with E-state index in [2.05, 4.69) is 9.72 Å². The van der Waals surface area contributed by atoms with Crippen molar-refractivity contribution < 1.29 is 32.6 Å². The number of methoxy groups -OCH3 is 1. The minimum absolute atomic E-state index is 0.220. The van der Waals surface area contributed by atoms with E-state index in [9.17, 15) is 22.8 Å².